The van der Waals surface area contributed by atoms with Gasteiger partial charge in [0.15, 0.2) is 0 Å². The molecule has 1 saturated carbocycles. The average molecular weight is 462 g/mol. The van der Waals surface area contributed by atoms with E-state index < -0.39 is 5.60 Å². The van der Waals surface area contributed by atoms with Gasteiger partial charge in [-0.3, -0.25) is 0 Å². The van der Waals surface area contributed by atoms with Gasteiger partial charge in [0, 0.05) is 23.5 Å². The molecule has 2 unspecified atom stereocenters. The zero-order chi connectivity index (χ0) is 17.3. The Bertz CT molecular complexity index is 592. The molecule has 0 aromatic carbocycles. The van der Waals surface area contributed by atoms with E-state index in [-0.39, 0.29) is 6.09 Å². The highest BCUT2D eigenvalue weighted by atomic mass is 127. The maximum absolute atomic E-state index is 11.9. The minimum absolute atomic E-state index is 0.315. The molecule has 1 fully saturated rings. The maximum atomic E-state index is 11.9. The lowest BCUT2D eigenvalue weighted by atomic mass is 9.93. The number of carbonyl (C=O) groups excluding carboxylic acids is 1. The second-order valence-electron chi connectivity index (χ2n) is 7.87. The van der Waals surface area contributed by atoms with Gasteiger partial charge in [-0.05, 0) is 93.0 Å². The Labute approximate surface area is 162 Å². The van der Waals surface area contributed by atoms with Gasteiger partial charge in [-0.2, -0.15) is 0 Å². The van der Waals surface area contributed by atoms with Crippen molar-refractivity contribution >= 4 is 40.0 Å². The van der Waals surface area contributed by atoms with Crippen LogP contribution in [0.3, 0.4) is 0 Å². The number of aryl methyl sites for hydroxylation is 1. The number of alkyl carbamates (subject to hydrolysis) is 1. The van der Waals surface area contributed by atoms with Crippen LogP contribution in [0.1, 0.15) is 62.9 Å². The van der Waals surface area contributed by atoms with Gasteiger partial charge < -0.3 is 15.4 Å². The first-order valence-electron chi connectivity index (χ1n) is 8.83. The fourth-order valence-corrected chi connectivity index (χ4v) is 5.44. The molecule has 2 aliphatic rings. The molecule has 6 heteroatoms. The lowest BCUT2D eigenvalue weighted by Crippen LogP contribution is -2.45. The molecule has 2 atom stereocenters. The summed E-state index contributed by atoms with van der Waals surface area (Å²) in [5.41, 5.74) is 1.04. The predicted molar refractivity (Wildman–Crippen MR) is 107 cm³/mol. The van der Waals surface area contributed by atoms with Gasteiger partial charge in [-0.1, -0.05) is 0 Å². The second kappa shape index (κ2) is 7.50. The molecule has 0 aliphatic heterocycles. The molecular weight excluding hydrogens is 435 g/mol. The molecule has 1 aromatic heterocycles. The van der Waals surface area contributed by atoms with Crippen LogP contribution in [0.2, 0.25) is 0 Å². The Balaban J connectivity index is 1.58. The lowest BCUT2D eigenvalue weighted by molar-refractivity contribution is 0.0520. The number of amides is 1. The van der Waals surface area contributed by atoms with E-state index in [2.05, 4.69) is 39.3 Å². The van der Waals surface area contributed by atoms with Crippen molar-refractivity contribution in [3.63, 3.8) is 0 Å². The third kappa shape index (κ3) is 5.08. The molecule has 3 rings (SSSR count). The van der Waals surface area contributed by atoms with Crippen LogP contribution in [0, 0.1) is 8.80 Å². The molecule has 0 bridgehead atoms. The van der Waals surface area contributed by atoms with E-state index in [9.17, 15) is 4.79 Å². The van der Waals surface area contributed by atoms with Crippen molar-refractivity contribution in [2.75, 3.05) is 6.54 Å². The van der Waals surface area contributed by atoms with Crippen molar-refractivity contribution in [1.82, 2.24) is 10.6 Å². The summed E-state index contributed by atoms with van der Waals surface area (Å²) in [6.07, 6.45) is 5.85. The van der Waals surface area contributed by atoms with E-state index in [1.54, 1.807) is 0 Å². The van der Waals surface area contributed by atoms with Gasteiger partial charge in [0.2, 0.25) is 0 Å². The monoisotopic (exact) mass is 462 g/mol. The van der Waals surface area contributed by atoms with Crippen LogP contribution in [-0.2, 0) is 11.2 Å². The van der Waals surface area contributed by atoms with Crippen molar-refractivity contribution in [3.05, 3.63) is 19.4 Å². The fraction of sp³-hybridized carbons (Fsp3) is 0.722. The molecule has 134 valence electrons. The highest BCUT2D eigenvalue weighted by Crippen LogP contribution is 2.39. The van der Waals surface area contributed by atoms with Gasteiger partial charge in [0.1, 0.15) is 5.60 Å². The second-order valence-corrected chi connectivity index (χ2v) is 10.9. The SMILES string of the molecule is CC(C)(C)OC(=O)NCC(NC1CCCc2sc(I)cc21)C1CC1. The Morgan fingerprint density at radius 2 is 2.17 bits per heavy atom. The maximum Gasteiger partial charge on any atom is 0.407 e. The number of fused-ring (bicyclic) bond motifs is 1. The van der Waals surface area contributed by atoms with Crippen LogP contribution >= 0.6 is 33.9 Å². The number of thiophene rings is 1. The summed E-state index contributed by atoms with van der Waals surface area (Å²) in [6, 6.07) is 3.11. The van der Waals surface area contributed by atoms with Crippen LogP contribution in [0.15, 0.2) is 6.07 Å². The number of halogens is 1. The topological polar surface area (TPSA) is 50.4 Å². The number of carbonyl (C=O) groups is 1. The lowest BCUT2D eigenvalue weighted by Gasteiger charge is -2.29. The van der Waals surface area contributed by atoms with E-state index >= 15 is 0 Å². The number of ether oxygens (including phenoxy) is 1. The Hall–Kier alpha value is -0.340. The van der Waals surface area contributed by atoms with E-state index in [1.807, 2.05) is 32.1 Å². The summed E-state index contributed by atoms with van der Waals surface area (Å²) in [6.45, 7) is 6.33. The van der Waals surface area contributed by atoms with Gasteiger partial charge in [-0.15, -0.1) is 11.3 Å². The predicted octanol–water partition coefficient (Wildman–Crippen LogP) is 4.62. The average Bonchev–Trinajstić information content (AvgIpc) is 3.23. The molecule has 0 radical (unpaired) electrons. The van der Waals surface area contributed by atoms with Crippen LogP contribution < -0.4 is 10.6 Å². The van der Waals surface area contributed by atoms with E-state index in [1.165, 1.54) is 45.4 Å². The Morgan fingerprint density at radius 1 is 1.42 bits per heavy atom. The fourth-order valence-electron chi connectivity index (χ4n) is 3.32. The van der Waals surface area contributed by atoms with Gasteiger partial charge in [-0.25, -0.2) is 4.79 Å². The first-order valence-corrected chi connectivity index (χ1v) is 10.7. The van der Waals surface area contributed by atoms with Crippen molar-refractivity contribution in [1.29, 1.82) is 0 Å². The summed E-state index contributed by atoms with van der Waals surface area (Å²) in [4.78, 5) is 13.5. The number of hydrogen-bond acceptors (Lipinski definition) is 4. The Morgan fingerprint density at radius 3 is 2.83 bits per heavy atom. The third-order valence-electron chi connectivity index (χ3n) is 4.56. The van der Waals surface area contributed by atoms with Crippen LogP contribution in [0.25, 0.3) is 0 Å². The molecule has 1 heterocycles. The molecule has 2 N–H and O–H groups in total. The summed E-state index contributed by atoms with van der Waals surface area (Å²) in [5.74, 6) is 0.683. The molecule has 2 aliphatic carbocycles. The van der Waals surface area contributed by atoms with Crippen molar-refractivity contribution < 1.29 is 9.53 Å². The number of nitrogens with one attached hydrogen (secondary N) is 2. The molecule has 0 saturated heterocycles. The summed E-state index contributed by atoms with van der Waals surface area (Å²) < 4.78 is 6.74. The van der Waals surface area contributed by atoms with Crippen LogP contribution in [0.5, 0.6) is 0 Å². The van der Waals surface area contributed by atoms with Crippen molar-refractivity contribution in [3.8, 4) is 0 Å². The third-order valence-corrected chi connectivity index (χ3v) is 6.53. The van der Waals surface area contributed by atoms with E-state index in [0.29, 0.717) is 24.5 Å². The Kier molecular flexibility index (Phi) is 5.76. The molecular formula is C18H27IN2O2S. The smallest absolute Gasteiger partial charge is 0.407 e. The minimum atomic E-state index is -0.446. The van der Waals surface area contributed by atoms with Crippen molar-refractivity contribution in [2.45, 2.75) is 70.6 Å². The van der Waals surface area contributed by atoms with Gasteiger partial charge in [0.25, 0.3) is 0 Å². The standard InChI is InChI=1S/C18H27IN2O2S/c1-18(2,3)23-17(22)20-10-14(11-7-8-11)21-13-5-4-6-15-12(13)9-16(19)24-15/h9,11,13-14,21H,4-8,10H2,1-3H3,(H,20,22). The van der Waals surface area contributed by atoms with Crippen LogP contribution in [0.4, 0.5) is 4.79 Å². The number of rotatable bonds is 5. The number of hydrogen-bond donors (Lipinski definition) is 2. The first kappa shape index (κ1) is 18.5. The van der Waals surface area contributed by atoms with E-state index in [4.69, 9.17) is 4.74 Å². The quantitative estimate of drug-likeness (QED) is 0.628. The molecule has 1 aromatic rings. The van der Waals surface area contributed by atoms with Crippen LogP contribution in [-0.4, -0.2) is 24.3 Å². The summed E-state index contributed by atoms with van der Waals surface area (Å²) in [5, 5.41) is 6.80. The normalized spacial score (nSPS) is 21.9. The highest BCUT2D eigenvalue weighted by molar-refractivity contribution is 14.1. The first-order chi connectivity index (χ1) is 11.3. The van der Waals surface area contributed by atoms with E-state index in [0.717, 1.165) is 0 Å². The zero-order valence-corrected chi connectivity index (χ0v) is 17.6. The summed E-state index contributed by atoms with van der Waals surface area (Å²) >= 11 is 4.35. The largest absolute Gasteiger partial charge is 0.444 e. The molecule has 1 amide bonds. The zero-order valence-electron chi connectivity index (χ0n) is 14.7. The van der Waals surface area contributed by atoms with Gasteiger partial charge in [0.05, 0.1) is 2.88 Å². The van der Waals surface area contributed by atoms with Crippen molar-refractivity contribution in [2.24, 2.45) is 5.92 Å². The molecule has 4 nitrogen and oxygen atoms in total. The highest BCUT2D eigenvalue weighted by Gasteiger charge is 2.34. The summed E-state index contributed by atoms with van der Waals surface area (Å²) in [7, 11) is 0. The minimum Gasteiger partial charge on any atom is -0.444 e. The molecule has 24 heavy (non-hydrogen) atoms. The van der Waals surface area contributed by atoms with Gasteiger partial charge >= 0.3 is 6.09 Å². The molecule has 0 spiro atoms.